The van der Waals surface area contributed by atoms with Crippen molar-refractivity contribution in [2.75, 3.05) is 0 Å². The third kappa shape index (κ3) is 7.18. The van der Waals surface area contributed by atoms with Gasteiger partial charge in [0.2, 0.25) is 6.29 Å². The molecular formula is C31H25F15N2O3. The Morgan fingerprint density at radius 1 is 0.569 bits per heavy atom. The molecule has 0 N–H and O–H groups in total. The van der Waals surface area contributed by atoms with Crippen LogP contribution < -0.4 is 14.2 Å². The number of ether oxygens (including phenoxy) is 3. The van der Waals surface area contributed by atoms with Crippen molar-refractivity contribution in [2.45, 2.75) is 93.6 Å². The summed E-state index contributed by atoms with van der Waals surface area (Å²) in [6.07, 6.45) is -6.61. The molecule has 20 heteroatoms. The van der Waals surface area contributed by atoms with E-state index in [0.717, 1.165) is 44.2 Å². The monoisotopic (exact) mass is 758 g/mol. The molecule has 0 radical (unpaired) electrons. The molecule has 1 unspecified atom stereocenters. The lowest BCUT2D eigenvalue weighted by Crippen LogP contribution is -2.73. The summed E-state index contributed by atoms with van der Waals surface area (Å²) in [5.74, 6) is -41.1. The van der Waals surface area contributed by atoms with E-state index in [1.165, 1.54) is 12.4 Å². The van der Waals surface area contributed by atoms with Crippen LogP contribution in [0.5, 0.6) is 17.2 Å². The highest BCUT2D eigenvalue weighted by atomic mass is 19.4. The largest absolute Gasteiger partial charge is 0.471 e. The highest BCUT2D eigenvalue weighted by Crippen LogP contribution is 2.62. The first-order chi connectivity index (χ1) is 23.4. The van der Waals surface area contributed by atoms with Crippen molar-refractivity contribution in [1.82, 2.24) is 9.97 Å². The summed E-state index contributed by atoms with van der Waals surface area (Å²) in [6, 6.07) is 7.43. The minimum Gasteiger partial charge on any atom is -0.451 e. The number of aromatic nitrogens is 2. The lowest BCUT2D eigenvalue weighted by molar-refractivity contribution is -0.465. The lowest BCUT2D eigenvalue weighted by Gasteiger charge is -2.41. The van der Waals surface area contributed by atoms with Gasteiger partial charge in [0.05, 0.1) is 0 Å². The molecule has 1 aliphatic rings. The average molecular weight is 759 g/mol. The quantitative estimate of drug-likeness (QED) is 0.114. The van der Waals surface area contributed by atoms with Crippen molar-refractivity contribution in [1.29, 1.82) is 0 Å². The second-order valence-electron chi connectivity index (χ2n) is 11.3. The van der Waals surface area contributed by atoms with Gasteiger partial charge in [-0.2, -0.15) is 65.9 Å². The highest BCUT2D eigenvalue weighted by molar-refractivity contribution is 5.66. The molecule has 0 spiro atoms. The van der Waals surface area contributed by atoms with Gasteiger partial charge < -0.3 is 14.2 Å². The summed E-state index contributed by atoms with van der Waals surface area (Å²) >= 11 is 0. The van der Waals surface area contributed by atoms with E-state index >= 15 is 0 Å². The molecule has 1 aromatic heterocycles. The number of alkyl halides is 15. The molecule has 0 fully saturated rings. The van der Waals surface area contributed by atoms with Gasteiger partial charge in [-0.15, -0.1) is 0 Å². The Kier molecular flexibility index (Phi) is 10.7. The van der Waals surface area contributed by atoms with Crippen molar-refractivity contribution in [3.63, 3.8) is 0 Å². The molecule has 4 rings (SSSR count). The summed E-state index contributed by atoms with van der Waals surface area (Å²) in [5, 5.41) is 0. The average Bonchev–Trinajstić information content (AvgIpc) is 3.46. The van der Waals surface area contributed by atoms with Crippen LogP contribution >= 0.6 is 0 Å². The maximum absolute atomic E-state index is 14.2. The number of rotatable bonds is 15. The Morgan fingerprint density at radius 2 is 1.08 bits per heavy atom. The second-order valence-corrected chi connectivity index (χ2v) is 11.3. The van der Waals surface area contributed by atoms with Crippen LogP contribution in [0.4, 0.5) is 65.9 Å². The fourth-order valence-corrected chi connectivity index (χ4v) is 4.68. The summed E-state index contributed by atoms with van der Waals surface area (Å²) in [5.41, 5.74) is 0.717. The van der Waals surface area contributed by atoms with Gasteiger partial charge >= 0.3 is 41.9 Å². The molecule has 2 heterocycles. The molecule has 1 aliphatic heterocycles. The molecule has 0 saturated carbocycles. The van der Waals surface area contributed by atoms with E-state index in [9.17, 15) is 65.9 Å². The van der Waals surface area contributed by atoms with Crippen LogP contribution in [0.1, 0.15) is 45.4 Å². The number of fused-ring (bicyclic) bond motifs is 1. The zero-order valence-corrected chi connectivity index (χ0v) is 25.8. The van der Waals surface area contributed by atoms with Crippen LogP contribution in [0.25, 0.3) is 22.5 Å². The van der Waals surface area contributed by atoms with Crippen LogP contribution in [0, 0.1) is 0 Å². The first-order valence-corrected chi connectivity index (χ1v) is 14.8. The zero-order valence-electron chi connectivity index (χ0n) is 25.8. The van der Waals surface area contributed by atoms with Crippen LogP contribution in [0.3, 0.4) is 0 Å². The first kappa shape index (κ1) is 39.7. The van der Waals surface area contributed by atoms with E-state index in [1.807, 2.05) is 0 Å². The standard InChI is InChI=1S/C31H25F15N2O3/c1-2-3-4-5-6-7-23-49-21-13-10-18(14-22(21)50-23)24-47-15-19(16-48-24)17-8-11-20(12-9-17)51-31(45,46)29(40,41)27(36,37)25(32,33)26(34,35)28(38,39)30(42,43)44/h8-16,23H,2-7H2,1H3. The van der Waals surface area contributed by atoms with E-state index in [-0.39, 0.29) is 17.0 Å². The van der Waals surface area contributed by atoms with Crippen molar-refractivity contribution >= 4 is 0 Å². The van der Waals surface area contributed by atoms with Gasteiger partial charge in [-0.1, -0.05) is 44.7 Å². The Labute approximate surface area is 278 Å². The van der Waals surface area contributed by atoms with Crippen LogP contribution in [0.15, 0.2) is 54.9 Å². The first-order valence-electron chi connectivity index (χ1n) is 14.8. The molecule has 0 amide bonds. The molecule has 282 valence electrons. The SMILES string of the molecule is CCCCCCCC1Oc2ccc(-c3ncc(-c4ccc(OC(F)(F)C(F)(F)C(F)(F)C(F)(F)C(F)(F)C(F)(F)C(F)(F)F)cc4)cn3)cc2O1. The van der Waals surface area contributed by atoms with Crippen LogP contribution in [-0.2, 0) is 0 Å². The molecule has 0 bridgehead atoms. The molecule has 0 aliphatic carbocycles. The van der Waals surface area contributed by atoms with Gasteiger partial charge in [-0.05, 0) is 42.3 Å². The molecule has 51 heavy (non-hydrogen) atoms. The predicted molar refractivity (Wildman–Crippen MR) is 148 cm³/mol. The maximum atomic E-state index is 14.2. The van der Waals surface area contributed by atoms with E-state index in [1.54, 1.807) is 18.2 Å². The Morgan fingerprint density at radius 3 is 1.65 bits per heavy atom. The van der Waals surface area contributed by atoms with Crippen LogP contribution in [-0.4, -0.2) is 58.2 Å². The Bertz CT molecular complexity index is 1650. The molecule has 0 saturated heterocycles. The number of halogens is 15. The van der Waals surface area contributed by atoms with Gasteiger partial charge in [-0.25, -0.2) is 9.97 Å². The smallest absolute Gasteiger partial charge is 0.451 e. The van der Waals surface area contributed by atoms with Gasteiger partial charge in [0.1, 0.15) is 5.75 Å². The number of benzene rings is 2. The summed E-state index contributed by atoms with van der Waals surface area (Å²) in [7, 11) is 0. The fraction of sp³-hybridized carbons (Fsp3) is 0.484. The maximum Gasteiger partial charge on any atom is 0.471 e. The van der Waals surface area contributed by atoms with E-state index in [0.29, 0.717) is 35.6 Å². The van der Waals surface area contributed by atoms with Crippen LogP contribution in [0.2, 0.25) is 0 Å². The molecule has 5 nitrogen and oxygen atoms in total. The highest BCUT2D eigenvalue weighted by Gasteiger charge is 2.94. The van der Waals surface area contributed by atoms with Gasteiger partial charge in [0.15, 0.2) is 17.3 Å². The number of nitrogens with zero attached hydrogens (tertiary/aromatic N) is 2. The minimum atomic E-state index is -8.40. The van der Waals surface area contributed by atoms with Gasteiger partial charge in [0.25, 0.3) is 0 Å². The van der Waals surface area contributed by atoms with Crippen molar-refractivity contribution in [2.24, 2.45) is 0 Å². The van der Waals surface area contributed by atoms with E-state index < -0.39 is 53.9 Å². The fourth-order valence-electron chi connectivity index (χ4n) is 4.68. The molecular weight excluding hydrogens is 733 g/mol. The Balaban J connectivity index is 1.45. The van der Waals surface area contributed by atoms with Crippen molar-refractivity contribution < 1.29 is 80.1 Å². The van der Waals surface area contributed by atoms with Crippen molar-refractivity contribution in [3.05, 3.63) is 54.9 Å². The molecule has 2 aromatic carbocycles. The summed E-state index contributed by atoms with van der Waals surface area (Å²) in [4.78, 5) is 8.33. The normalized spacial score (nSPS) is 16.0. The predicted octanol–water partition coefficient (Wildman–Crippen LogP) is 11.0. The second kappa shape index (κ2) is 13.8. The number of unbranched alkanes of at least 4 members (excludes halogenated alkanes) is 4. The third-order valence-electron chi connectivity index (χ3n) is 7.65. The topological polar surface area (TPSA) is 53.5 Å². The summed E-state index contributed by atoms with van der Waals surface area (Å²) < 4.78 is 216. The van der Waals surface area contributed by atoms with Gasteiger partial charge in [-0.3, -0.25) is 0 Å². The molecule has 1 atom stereocenters. The number of hydrogen-bond acceptors (Lipinski definition) is 5. The Hall–Kier alpha value is -4.13. The minimum absolute atomic E-state index is 0.0577. The number of hydrogen-bond donors (Lipinski definition) is 0. The van der Waals surface area contributed by atoms with E-state index in [2.05, 4.69) is 21.6 Å². The van der Waals surface area contributed by atoms with E-state index in [4.69, 9.17) is 9.47 Å². The molecule has 3 aromatic rings. The zero-order chi connectivity index (χ0) is 38.3. The van der Waals surface area contributed by atoms with Crippen molar-refractivity contribution in [3.8, 4) is 39.8 Å². The summed E-state index contributed by atoms with van der Waals surface area (Å²) in [6.45, 7) is 2.10. The van der Waals surface area contributed by atoms with Gasteiger partial charge in [0, 0.05) is 29.9 Å². The third-order valence-corrected chi connectivity index (χ3v) is 7.65. The lowest BCUT2D eigenvalue weighted by atomic mass is 9.93.